The van der Waals surface area contributed by atoms with Gasteiger partial charge in [-0.3, -0.25) is 4.79 Å². The van der Waals surface area contributed by atoms with Gasteiger partial charge in [-0.2, -0.15) is 13.2 Å². The van der Waals surface area contributed by atoms with Gasteiger partial charge in [0.05, 0.1) is 37.1 Å². The standard InChI is InChI=1S/C20H21F3N4OS/c1-12-13(2)29-19-17(12)18(28)24-16(25-19)11-26-6-8-27(9-7-26)15-5-3-4-14(10-15)20(21,22)23/h3-5,10H,6-9,11H2,1-2H3,(H,24,25,28)/p+1. The molecule has 1 aliphatic rings. The monoisotopic (exact) mass is 423 g/mol. The van der Waals surface area contributed by atoms with Crippen molar-refractivity contribution in [2.75, 3.05) is 31.1 Å². The van der Waals surface area contributed by atoms with Crippen LogP contribution in [-0.2, 0) is 12.7 Å². The van der Waals surface area contributed by atoms with Gasteiger partial charge in [-0.1, -0.05) is 6.07 Å². The van der Waals surface area contributed by atoms with E-state index in [0.717, 1.165) is 34.4 Å². The Morgan fingerprint density at radius 3 is 2.66 bits per heavy atom. The number of hydrogen-bond acceptors (Lipinski definition) is 4. The molecular weight excluding hydrogens is 401 g/mol. The lowest BCUT2D eigenvalue weighted by molar-refractivity contribution is -0.915. The molecule has 1 fully saturated rings. The van der Waals surface area contributed by atoms with Crippen LogP contribution >= 0.6 is 11.3 Å². The van der Waals surface area contributed by atoms with Crippen molar-refractivity contribution in [3.8, 4) is 0 Å². The van der Waals surface area contributed by atoms with Crippen molar-refractivity contribution >= 4 is 27.2 Å². The van der Waals surface area contributed by atoms with Crippen LogP contribution in [0.3, 0.4) is 0 Å². The molecule has 1 aliphatic heterocycles. The van der Waals surface area contributed by atoms with Crippen LogP contribution in [0.15, 0.2) is 29.1 Å². The number of aromatic amines is 1. The van der Waals surface area contributed by atoms with Gasteiger partial charge in [0.15, 0.2) is 5.82 Å². The van der Waals surface area contributed by atoms with Gasteiger partial charge in [0, 0.05) is 10.6 Å². The predicted molar refractivity (Wildman–Crippen MR) is 108 cm³/mol. The molecule has 0 atom stereocenters. The van der Waals surface area contributed by atoms with Crippen molar-refractivity contribution in [3.05, 3.63) is 56.4 Å². The van der Waals surface area contributed by atoms with Gasteiger partial charge in [0.2, 0.25) is 0 Å². The molecule has 1 saturated heterocycles. The molecule has 5 nitrogen and oxygen atoms in total. The molecule has 0 aliphatic carbocycles. The molecule has 3 aromatic rings. The maximum absolute atomic E-state index is 13.0. The Morgan fingerprint density at radius 1 is 1.24 bits per heavy atom. The Bertz CT molecular complexity index is 1100. The number of rotatable bonds is 3. The van der Waals surface area contributed by atoms with Gasteiger partial charge < -0.3 is 14.8 Å². The minimum atomic E-state index is -4.34. The highest BCUT2D eigenvalue weighted by molar-refractivity contribution is 7.18. The van der Waals surface area contributed by atoms with Crippen LogP contribution in [0, 0.1) is 13.8 Å². The number of nitrogens with zero attached hydrogens (tertiary/aromatic N) is 2. The van der Waals surface area contributed by atoms with Gasteiger partial charge in [0.25, 0.3) is 5.56 Å². The summed E-state index contributed by atoms with van der Waals surface area (Å²) >= 11 is 1.53. The summed E-state index contributed by atoms with van der Waals surface area (Å²) in [7, 11) is 0. The van der Waals surface area contributed by atoms with E-state index in [1.165, 1.54) is 28.4 Å². The van der Waals surface area contributed by atoms with E-state index in [1.54, 1.807) is 6.07 Å². The van der Waals surface area contributed by atoms with Gasteiger partial charge in [0.1, 0.15) is 11.4 Å². The average molecular weight is 423 g/mol. The lowest BCUT2D eigenvalue weighted by Crippen LogP contribution is -3.13. The highest BCUT2D eigenvalue weighted by atomic mass is 32.1. The van der Waals surface area contributed by atoms with Crippen LogP contribution in [0.2, 0.25) is 0 Å². The van der Waals surface area contributed by atoms with Crippen LogP contribution in [-0.4, -0.2) is 36.1 Å². The van der Waals surface area contributed by atoms with Crippen molar-refractivity contribution in [2.24, 2.45) is 0 Å². The molecule has 2 N–H and O–H groups in total. The van der Waals surface area contributed by atoms with Gasteiger partial charge in [-0.25, -0.2) is 4.98 Å². The van der Waals surface area contributed by atoms with E-state index in [-0.39, 0.29) is 5.56 Å². The maximum atomic E-state index is 13.0. The summed E-state index contributed by atoms with van der Waals surface area (Å²) in [5.41, 5.74) is 0.846. The number of halogens is 3. The molecular formula is C20H22F3N4OS+. The van der Waals surface area contributed by atoms with Crippen molar-refractivity contribution in [2.45, 2.75) is 26.6 Å². The molecule has 0 amide bonds. The molecule has 2 aromatic heterocycles. The summed E-state index contributed by atoms with van der Waals surface area (Å²) < 4.78 is 38.9. The van der Waals surface area contributed by atoms with E-state index >= 15 is 0 Å². The first-order valence-electron chi connectivity index (χ1n) is 9.47. The van der Waals surface area contributed by atoms with E-state index in [9.17, 15) is 18.0 Å². The summed E-state index contributed by atoms with van der Waals surface area (Å²) in [6, 6.07) is 5.47. The molecule has 29 heavy (non-hydrogen) atoms. The SMILES string of the molecule is Cc1sc2nc(C[NH+]3CCN(c4cccc(C(F)(F)F)c4)CC3)[nH]c(=O)c2c1C. The van der Waals surface area contributed by atoms with Crippen molar-refractivity contribution in [1.29, 1.82) is 0 Å². The normalized spacial score (nSPS) is 16.0. The van der Waals surface area contributed by atoms with Crippen LogP contribution < -0.4 is 15.4 Å². The van der Waals surface area contributed by atoms with Crippen LogP contribution in [0.1, 0.15) is 21.8 Å². The smallest absolute Gasteiger partial charge is 0.360 e. The zero-order valence-electron chi connectivity index (χ0n) is 16.2. The fraction of sp³-hybridized carbons (Fsp3) is 0.400. The fourth-order valence-corrected chi connectivity index (χ4v) is 4.81. The fourth-order valence-electron chi connectivity index (χ4n) is 3.76. The largest absolute Gasteiger partial charge is 0.416 e. The molecule has 4 rings (SSSR count). The lowest BCUT2D eigenvalue weighted by Gasteiger charge is -2.33. The first kappa shape index (κ1) is 19.9. The number of thiophene rings is 1. The molecule has 0 radical (unpaired) electrons. The van der Waals surface area contributed by atoms with Crippen molar-refractivity contribution in [3.63, 3.8) is 0 Å². The Morgan fingerprint density at radius 2 is 1.97 bits per heavy atom. The Hall–Kier alpha value is -2.39. The number of quaternary nitrogens is 1. The van der Waals surface area contributed by atoms with Gasteiger partial charge in [-0.15, -0.1) is 11.3 Å². The molecule has 154 valence electrons. The number of nitrogens with one attached hydrogen (secondary N) is 2. The third-order valence-corrected chi connectivity index (χ3v) is 6.62. The van der Waals surface area contributed by atoms with E-state index in [2.05, 4.69) is 9.97 Å². The minimum absolute atomic E-state index is 0.103. The molecule has 0 unspecified atom stereocenters. The minimum Gasteiger partial charge on any atom is -0.360 e. The topological polar surface area (TPSA) is 53.4 Å². The second kappa shape index (κ2) is 7.46. The number of anilines is 1. The van der Waals surface area contributed by atoms with E-state index in [0.29, 0.717) is 36.5 Å². The van der Waals surface area contributed by atoms with Crippen molar-refractivity contribution in [1.82, 2.24) is 9.97 Å². The van der Waals surface area contributed by atoms with Crippen LogP contribution in [0.25, 0.3) is 10.2 Å². The highest BCUT2D eigenvalue weighted by Crippen LogP contribution is 2.31. The maximum Gasteiger partial charge on any atom is 0.416 e. The zero-order valence-corrected chi connectivity index (χ0v) is 17.0. The first-order valence-corrected chi connectivity index (χ1v) is 10.3. The number of alkyl halides is 3. The third-order valence-electron chi connectivity index (χ3n) is 5.51. The number of benzene rings is 1. The second-order valence-electron chi connectivity index (χ2n) is 7.44. The van der Waals surface area contributed by atoms with Gasteiger partial charge >= 0.3 is 6.18 Å². The molecule has 1 aromatic carbocycles. The number of hydrogen-bond donors (Lipinski definition) is 2. The van der Waals surface area contributed by atoms with E-state index < -0.39 is 11.7 Å². The summed E-state index contributed by atoms with van der Waals surface area (Å²) in [6.07, 6.45) is -4.34. The molecule has 9 heteroatoms. The summed E-state index contributed by atoms with van der Waals surface area (Å²) in [5.74, 6) is 0.659. The Labute approximate surface area is 169 Å². The number of piperazine rings is 1. The molecule has 0 saturated carbocycles. The molecule has 0 bridgehead atoms. The Balaban J connectivity index is 1.44. The van der Waals surface area contributed by atoms with E-state index in [4.69, 9.17) is 0 Å². The van der Waals surface area contributed by atoms with Crippen molar-refractivity contribution < 1.29 is 18.1 Å². The number of fused-ring (bicyclic) bond motifs is 1. The average Bonchev–Trinajstić information content (AvgIpc) is 2.96. The Kier molecular flexibility index (Phi) is 5.12. The third kappa shape index (κ3) is 4.02. The van der Waals surface area contributed by atoms with Gasteiger partial charge in [-0.05, 0) is 37.6 Å². The van der Waals surface area contributed by atoms with Crippen LogP contribution in [0.5, 0.6) is 0 Å². The first-order chi connectivity index (χ1) is 13.7. The lowest BCUT2D eigenvalue weighted by atomic mass is 10.1. The van der Waals surface area contributed by atoms with Crippen LogP contribution in [0.4, 0.5) is 18.9 Å². The molecule has 3 heterocycles. The molecule has 0 spiro atoms. The predicted octanol–water partition coefficient (Wildman–Crippen LogP) is 2.53. The summed E-state index contributed by atoms with van der Waals surface area (Å²) in [5, 5.41) is 0.667. The second-order valence-corrected chi connectivity index (χ2v) is 8.64. The highest BCUT2D eigenvalue weighted by Gasteiger charge is 2.31. The van der Waals surface area contributed by atoms with E-state index in [1.807, 2.05) is 18.7 Å². The number of aromatic nitrogens is 2. The number of H-pyrrole nitrogens is 1. The summed E-state index contributed by atoms with van der Waals surface area (Å²) in [4.78, 5) is 25.0. The summed E-state index contributed by atoms with van der Waals surface area (Å²) in [6.45, 7) is 7.35. The number of aryl methyl sites for hydroxylation is 2. The quantitative estimate of drug-likeness (QED) is 0.681. The zero-order chi connectivity index (χ0) is 20.8.